The van der Waals surface area contributed by atoms with E-state index < -0.39 is 0 Å². The van der Waals surface area contributed by atoms with Crippen LogP contribution in [0.4, 0.5) is 0 Å². The highest BCUT2D eigenvalue weighted by Gasteiger charge is 2.19. The van der Waals surface area contributed by atoms with Gasteiger partial charge in [-0.05, 0) is 55.5 Å². The van der Waals surface area contributed by atoms with E-state index in [1.165, 1.54) is 6.33 Å². The van der Waals surface area contributed by atoms with Gasteiger partial charge in [0, 0.05) is 79.4 Å². The predicted octanol–water partition coefficient (Wildman–Crippen LogP) is 5.61. The van der Waals surface area contributed by atoms with Gasteiger partial charge in [-0.15, -0.1) is 0 Å². The number of amides is 1. The standard InChI is InChI=1S/C30H36ClN5O3S/c31-26-12-10-24(11-13-26)27(37)8-4-2-1-3-5-17-40-30-34-29(39)25(18-23-19-32-22-33-20-23)21-36(30)16-7-15-35-14-6-9-28(35)38/h10-13,19-22H,1-9,14-18H2. The number of nitrogens with zero attached hydrogens (tertiary/aromatic N) is 5. The van der Waals surface area contributed by atoms with Gasteiger partial charge in [0.1, 0.15) is 6.33 Å². The lowest BCUT2D eigenvalue weighted by atomic mass is 10.0. The Bertz CT molecular complexity index is 1320. The molecule has 8 nitrogen and oxygen atoms in total. The van der Waals surface area contributed by atoms with Crippen LogP contribution in [0.1, 0.15) is 79.3 Å². The minimum absolute atomic E-state index is 0.161. The van der Waals surface area contributed by atoms with Crippen molar-refractivity contribution in [3.05, 3.63) is 81.3 Å². The van der Waals surface area contributed by atoms with Crippen molar-refractivity contribution < 1.29 is 9.59 Å². The van der Waals surface area contributed by atoms with Crippen LogP contribution in [0.2, 0.25) is 5.02 Å². The first-order valence-electron chi connectivity index (χ1n) is 14.0. The third-order valence-corrected chi connectivity index (χ3v) is 8.31. The largest absolute Gasteiger partial charge is 0.343 e. The first kappa shape index (κ1) is 29.9. The summed E-state index contributed by atoms with van der Waals surface area (Å²) in [7, 11) is 0. The van der Waals surface area contributed by atoms with Gasteiger partial charge in [0.05, 0.1) is 0 Å². The molecule has 0 spiro atoms. The second-order valence-electron chi connectivity index (χ2n) is 10.1. The van der Waals surface area contributed by atoms with E-state index in [0.717, 1.165) is 80.1 Å². The maximum absolute atomic E-state index is 12.8. The van der Waals surface area contributed by atoms with Crippen LogP contribution in [0.3, 0.4) is 0 Å². The molecule has 1 aliphatic rings. The van der Waals surface area contributed by atoms with Crippen LogP contribution in [-0.2, 0) is 17.8 Å². The molecule has 1 aliphatic heterocycles. The van der Waals surface area contributed by atoms with Crippen molar-refractivity contribution in [1.29, 1.82) is 0 Å². The maximum Gasteiger partial charge on any atom is 0.277 e. The van der Waals surface area contributed by atoms with Crippen molar-refractivity contribution in [3.8, 4) is 0 Å². The second kappa shape index (κ2) is 15.7. The van der Waals surface area contributed by atoms with Crippen molar-refractivity contribution in [2.45, 2.75) is 75.9 Å². The third kappa shape index (κ3) is 9.27. The number of unbranched alkanes of at least 4 members (excludes halogenated alkanes) is 4. The average Bonchev–Trinajstić information content (AvgIpc) is 3.37. The Morgan fingerprint density at radius 1 is 0.950 bits per heavy atom. The van der Waals surface area contributed by atoms with E-state index in [0.29, 0.717) is 36.4 Å². The van der Waals surface area contributed by atoms with Crippen LogP contribution in [0, 0.1) is 0 Å². The molecule has 0 saturated carbocycles. The highest BCUT2D eigenvalue weighted by molar-refractivity contribution is 7.99. The summed E-state index contributed by atoms with van der Waals surface area (Å²) < 4.78 is 2.06. The van der Waals surface area contributed by atoms with E-state index in [9.17, 15) is 14.4 Å². The Kier molecular flexibility index (Phi) is 11.7. The molecule has 2 aromatic heterocycles. The van der Waals surface area contributed by atoms with E-state index in [1.54, 1.807) is 48.4 Å². The SMILES string of the molecule is O=C(CCCCCCCSc1nc(=O)c(Cc2cncnc2)cn1CCCN1CCCC1=O)c1ccc(Cl)cc1. The number of benzene rings is 1. The first-order chi connectivity index (χ1) is 19.5. The van der Waals surface area contributed by atoms with E-state index in [4.69, 9.17) is 11.6 Å². The Hall–Kier alpha value is -3.04. The van der Waals surface area contributed by atoms with Crippen LogP contribution in [-0.4, -0.2) is 55.0 Å². The van der Waals surface area contributed by atoms with Crippen molar-refractivity contribution in [2.24, 2.45) is 0 Å². The van der Waals surface area contributed by atoms with E-state index in [2.05, 4.69) is 19.5 Å². The molecule has 40 heavy (non-hydrogen) atoms. The van der Waals surface area contributed by atoms with Gasteiger partial charge in [0.25, 0.3) is 5.56 Å². The molecule has 0 unspecified atom stereocenters. The monoisotopic (exact) mass is 581 g/mol. The van der Waals surface area contributed by atoms with Gasteiger partial charge in [0.2, 0.25) is 5.91 Å². The molecule has 3 aromatic rings. The number of halogens is 1. The molecule has 0 N–H and O–H groups in total. The highest BCUT2D eigenvalue weighted by atomic mass is 35.5. The van der Waals surface area contributed by atoms with Crippen LogP contribution >= 0.6 is 23.4 Å². The van der Waals surface area contributed by atoms with Gasteiger partial charge < -0.3 is 9.47 Å². The second-order valence-corrected chi connectivity index (χ2v) is 11.6. The smallest absolute Gasteiger partial charge is 0.277 e. The molecule has 1 fully saturated rings. The fraction of sp³-hybridized carbons (Fsp3) is 0.467. The Morgan fingerprint density at radius 2 is 1.70 bits per heavy atom. The van der Waals surface area contributed by atoms with Gasteiger partial charge in [-0.1, -0.05) is 42.6 Å². The summed E-state index contributed by atoms with van der Waals surface area (Å²) in [6.07, 6.45) is 15.2. The zero-order valence-electron chi connectivity index (χ0n) is 22.8. The van der Waals surface area contributed by atoms with Crippen LogP contribution in [0.15, 0.2) is 59.1 Å². The average molecular weight is 582 g/mol. The van der Waals surface area contributed by atoms with Gasteiger partial charge in [-0.25, -0.2) is 9.97 Å². The van der Waals surface area contributed by atoms with E-state index in [-0.39, 0.29) is 17.2 Å². The van der Waals surface area contributed by atoms with Crippen LogP contribution < -0.4 is 5.56 Å². The lowest BCUT2D eigenvalue weighted by molar-refractivity contribution is -0.127. The number of rotatable bonds is 16. The molecule has 4 rings (SSSR count). The summed E-state index contributed by atoms with van der Waals surface area (Å²) in [6, 6.07) is 7.07. The highest BCUT2D eigenvalue weighted by Crippen LogP contribution is 2.20. The summed E-state index contributed by atoms with van der Waals surface area (Å²) in [4.78, 5) is 51.6. The number of carbonyl (C=O) groups is 2. The van der Waals surface area contributed by atoms with E-state index >= 15 is 0 Å². The number of Topliss-reactive ketones (excluding diaryl/α,β-unsaturated/α-hetero) is 1. The summed E-state index contributed by atoms with van der Waals surface area (Å²) in [5, 5.41) is 1.36. The van der Waals surface area contributed by atoms with Crippen molar-refractivity contribution >= 4 is 35.1 Å². The summed E-state index contributed by atoms with van der Waals surface area (Å²) in [5.74, 6) is 1.26. The minimum atomic E-state index is -0.220. The van der Waals surface area contributed by atoms with E-state index in [1.807, 2.05) is 11.1 Å². The zero-order chi connectivity index (χ0) is 28.2. The summed E-state index contributed by atoms with van der Waals surface area (Å²) >= 11 is 7.50. The molecule has 0 radical (unpaired) electrons. The van der Waals surface area contributed by atoms with Crippen LogP contribution in [0.25, 0.3) is 0 Å². The quantitative estimate of drug-likeness (QED) is 0.0939. The Morgan fingerprint density at radius 3 is 2.45 bits per heavy atom. The Balaban J connectivity index is 1.24. The van der Waals surface area contributed by atoms with Gasteiger partial charge in [-0.3, -0.25) is 14.4 Å². The molecule has 212 valence electrons. The molecular weight excluding hydrogens is 546 g/mol. The molecule has 0 atom stereocenters. The molecule has 1 amide bonds. The van der Waals surface area contributed by atoms with Crippen molar-refractivity contribution in [3.63, 3.8) is 0 Å². The molecular formula is C30H36ClN5O3S. The van der Waals surface area contributed by atoms with Crippen molar-refractivity contribution in [1.82, 2.24) is 24.4 Å². The fourth-order valence-electron chi connectivity index (χ4n) is 4.79. The predicted molar refractivity (Wildman–Crippen MR) is 158 cm³/mol. The first-order valence-corrected chi connectivity index (χ1v) is 15.4. The number of hydrogen-bond acceptors (Lipinski definition) is 7. The maximum atomic E-state index is 12.8. The molecule has 1 aromatic carbocycles. The number of aromatic nitrogens is 4. The molecule has 0 aliphatic carbocycles. The molecule has 0 bridgehead atoms. The van der Waals surface area contributed by atoms with Crippen molar-refractivity contribution in [2.75, 3.05) is 18.8 Å². The normalized spacial score (nSPS) is 13.2. The molecule has 3 heterocycles. The summed E-state index contributed by atoms with van der Waals surface area (Å²) in [6.45, 7) is 2.24. The summed E-state index contributed by atoms with van der Waals surface area (Å²) in [5.41, 5.74) is 1.98. The number of ketones is 1. The zero-order valence-corrected chi connectivity index (χ0v) is 24.3. The topological polar surface area (TPSA) is 98.1 Å². The number of aryl methyl sites for hydroxylation is 1. The Labute approximate surface area is 244 Å². The number of likely N-dealkylation sites (tertiary alicyclic amines) is 1. The number of thioether (sulfide) groups is 1. The fourth-order valence-corrected chi connectivity index (χ4v) is 5.91. The van der Waals surface area contributed by atoms with Crippen LogP contribution in [0.5, 0.6) is 0 Å². The van der Waals surface area contributed by atoms with Gasteiger partial charge in [0.15, 0.2) is 10.9 Å². The number of carbonyl (C=O) groups excluding carboxylic acids is 2. The lowest BCUT2D eigenvalue weighted by Gasteiger charge is -2.18. The third-order valence-electron chi connectivity index (χ3n) is 6.98. The number of hydrogen-bond donors (Lipinski definition) is 0. The molecule has 1 saturated heterocycles. The molecule has 10 heteroatoms. The van der Waals surface area contributed by atoms with Gasteiger partial charge in [-0.2, -0.15) is 4.98 Å². The lowest BCUT2D eigenvalue weighted by Crippen LogP contribution is -2.27. The minimum Gasteiger partial charge on any atom is -0.343 e. The van der Waals surface area contributed by atoms with Gasteiger partial charge >= 0.3 is 0 Å².